The van der Waals surface area contributed by atoms with Crippen molar-refractivity contribution in [2.24, 2.45) is 29.6 Å². The summed E-state index contributed by atoms with van der Waals surface area (Å²) in [5.74, 6) is 6.05. The van der Waals surface area contributed by atoms with Crippen LogP contribution in [0.25, 0.3) is 0 Å². The smallest absolute Gasteiger partial charge is 0.0323 e. The van der Waals surface area contributed by atoms with E-state index in [-0.39, 0.29) is 0 Å². The van der Waals surface area contributed by atoms with Gasteiger partial charge in [0.2, 0.25) is 0 Å². The van der Waals surface area contributed by atoms with Crippen molar-refractivity contribution in [3.63, 3.8) is 0 Å². The van der Waals surface area contributed by atoms with E-state index in [2.05, 4.69) is 6.92 Å². The summed E-state index contributed by atoms with van der Waals surface area (Å²) in [5.41, 5.74) is 0. The Balaban J connectivity index is 1.80. The van der Waals surface area contributed by atoms with Crippen LogP contribution in [-0.4, -0.2) is 0 Å². The van der Waals surface area contributed by atoms with Crippen molar-refractivity contribution in [3.8, 4) is 0 Å². The zero-order valence-electron chi connectivity index (χ0n) is 6.72. The van der Waals surface area contributed by atoms with Gasteiger partial charge in [-0.2, -0.15) is 0 Å². The van der Waals surface area contributed by atoms with Crippen LogP contribution in [0.4, 0.5) is 0 Å². The van der Waals surface area contributed by atoms with Crippen LogP contribution in [0.3, 0.4) is 0 Å². The lowest BCUT2D eigenvalue weighted by atomic mass is 9.72. The summed E-state index contributed by atoms with van der Waals surface area (Å²) in [6.45, 7) is 2.38. The first-order chi connectivity index (χ1) is 4.92. The first-order valence-corrected chi connectivity index (χ1v) is 4.92. The molecule has 3 saturated carbocycles. The van der Waals surface area contributed by atoms with Gasteiger partial charge in [-0.25, -0.2) is 0 Å². The highest BCUT2D eigenvalue weighted by Crippen LogP contribution is 2.71. The molecule has 0 saturated heterocycles. The first-order valence-electron chi connectivity index (χ1n) is 4.92. The van der Waals surface area contributed by atoms with Gasteiger partial charge < -0.3 is 0 Å². The van der Waals surface area contributed by atoms with E-state index in [0.29, 0.717) is 0 Å². The summed E-state index contributed by atoms with van der Waals surface area (Å²) in [6.07, 6.45) is 6.24. The largest absolute Gasteiger partial charge is 0.0651 e. The second-order valence-corrected chi connectivity index (χ2v) is 4.55. The molecule has 0 aromatic rings. The number of fused-ring (bicyclic) bond motifs is 4. The lowest BCUT2D eigenvalue weighted by Crippen LogP contribution is -2.28. The molecule has 0 aliphatic heterocycles. The molecule has 0 radical (unpaired) electrons. The van der Waals surface area contributed by atoms with Crippen molar-refractivity contribution in [2.45, 2.75) is 32.6 Å². The Kier molecular flexibility index (Phi) is 0.898. The number of hydrogen-bond donors (Lipinski definition) is 0. The molecule has 3 aliphatic rings. The maximum absolute atomic E-state index is 2.38. The van der Waals surface area contributed by atoms with Crippen molar-refractivity contribution in [1.29, 1.82) is 0 Å². The van der Waals surface area contributed by atoms with Gasteiger partial charge in [-0.1, -0.05) is 13.3 Å². The van der Waals surface area contributed by atoms with Crippen LogP contribution in [0.15, 0.2) is 0 Å². The SMILES string of the molecule is CCC1CC[C@@H]2C3CC3C12. The molecule has 56 valence electrons. The monoisotopic (exact) mass is 136 g/mol. The fraction of sp³-hybridized carbons (Fsp3) is 1.00. The van der Waals surface area contributed by atoms with Crippen molar-refractivity contribution in [2.75, 3.05) is 0 Å². The maximum atomic E-state index is 2.38. The molecule has 5 atom stereocenters. The molecule has 3 aliphatic carbocycles. The van der Waals surface area contributed by atoms with E-state index in [1.807, 2.05) is 0 Å². The third-order valence-corrected chi connectivity index (χ3v) is 4.37. The van der Waals surface area contributed by atoms with Crippen molar-refractivity contribution < 1.29 is 0 Å². The Morgan fingerprint density at radius 3 is 2.80 bits per heavy atom. The standard InChI is InChI=1S/C10H16/c1-2-6-3-4-7-8-5-9(8)10(6)7/h6-10H,2-5H2,1H3/t6?,7-,8?,9?,10?/m1/s1. The van der Waals surface area contributed by atoms with Gasteiger partial charge >= 0.3 is 0 Å². The van der Waals surface area contributed by atoms with Crippen LogP contribution in [0.1, 0.15) is 32.6 Å². The minimum Gasteiger partial charge on any atom is -0.0651 e. The second kappa shape index (κ2) is 1.60. The molecule has 4 unspecified atom stereocenters. The zero-order valence-corrected chi connectivity index (χ0v) is 6.72. The predicted octanol–water partition coefficient (Wildman–Crippen LogP) is 2.69. The Bertz CT molecular complexity index is 161. The topological polar surface area (TPSA) is 0 Å². The molecule has 0 N–H and O–H groups in total. The Morgan fingerprint density at radius 1 is 1.10 bits per heavy atom. The van der Waals surface area contributed by atoms with Crippen LogP contribution in [0, 0.1) is 29.6 Å². The quantitative estimate of drug-likeness (QED) is 0.520. The van der Waals surface area contributed by atoms with Gasteiger partial charge in [0.25, 0.3) is 0 Å². The van der Waals surface area contributed by atoms with Gasteiger partial charge in [0.1, 0.15) is 0 Å². The third kappa shape index (κ3) is 0.466. The molecule has 0 spiro atoms. The van der Waals surface area contributed by atoms with Gasteiger partial charge in [0.15, 0.2) is 0 Å². The molecule has 3 rings (SSSR count). The molecule has 10 heavy (non-hydrogen) atoms. The van der Waals surface area contributed by atoms with E-state index in [9.17, 15) is 0 Å². The van der Waals surface area contributed by atoms with Crippen LogP contribution in [-0.2, 0) is 0 Å². The molecule has 0 aromatic heterocycles. The third-order valence-electron chi connectivity index (χ3n) is 4.37. The lowest BCUT2D eigenvalue weighted by Gasteiger charge is -2.33. The minimum atomic E-state index is 1.15. The summed E-state index contributed by atoms with van der Waals surface area (Å²) in [7, 11) is 0. The summed E-state index contributed by atoms with van der Waals surface area (Å²) < 4.78 is 0. The Hall–Kier alpha value is 0. The summed E-state index contributed by atoms with van der Waals surface area (Å²) in [6, 6.07) is 0. The average molecular weight is 136 g/mol. The van der Waals surface area contributed by atoms with E-state index < -0.39 is 0 Å². The fourth-order valence-electron chi connectivity index (χ4n) is 3.81. The number of rotatable bonds is 1. The molecule has 3 fully saturated rings. The summed E-state index contributed by atoms with van der Waals surface area (Å²) in [4.78, 5) is 0. The molecule has 0 bridgehead atoms. The van der Waals surface area contributed by atoms with Crippen LogP contribution >= 0.6 is 0 Å². The van der Waals surface area contributed by atoms with Crippen molar-refractivity contribution >= 4 is 0 Å². The lowest BCUT2D eigenvalue weighted by molar-refractivity contribution is 0.148. The summed E-state index contributed by atoms with van der Waals surface area (Å²) >= 11 is 0. The minimum absolute atomic E-state index is 1.15. The van der Waals surface area contributed by atoms with Gasteiger partial charge in [-0.3, -0.25) is 0 Å². The van der Waals surface area contributed by atoms with Gasteiger partial charge in [0.05, 0.1) is 0 Å². The molecule has 0 amide bonds. The molecular weight excluding hydrogens is 120 g/mol. The molecule has 0 aromatic carbocycles. The second-order valence-electron chi connectivity index (χ2n) is 4.55. The Labute approximate surface area is 63.0 Å². The normalized spacial score (nSPS) is 62.7. The highest BCUT2D eigenvalue weighted by molar-refractivity contribution is 5.13. The van der Waals surface area contributed by atoms with Crippen molar-refractivity contribution in [3.05, 3.63) is 0 Å². The zero-order chi connectivity index (χ0) is 6.72. The molecule has 0 heterocycles. The van der Waals surface area contributed by atoms with E-state index in [0.717, 1.165) is 5.92 Å². The highest BCUT2D eigenvalue weighted by Gasteiger charge is 2.64. The van der Waals surface area contributed by atoms with Crippen LogP contribution in [0.5, 0.6) is 0 Å². The Morgan fingerprint density at radius 2 is 2.00 bits per heavy atom. The number of hydrogen-bond acceptors (Lipinski definition) is 0. The predicted molar refractivity (Wildman–Crippen MR) is 41.6 cm³/mol. The fourth-order valence-corrected chi connectivity index (χ4v) is 3.81. The molecule has 0 heteroatoms. The average Bonchev–Trinajstić information content (AvgIpc) is 2.52. The molecular formula is C10H16. The van der Waals surface area contributed by atoms with Gasteiger partial charge in [-0.05, 0) is 48.9 Å². The first kappa shape index (κ1) is 5.62. The summed E-state index contributed by atoms with van der Waals surface area (Å²) in [5, 5.41) is 0. The van der Waals surface area contributed by atoms with Crippen LogP contribution < -0.4 is 0 Å². The highest BCUT2D eigenvalue weighted by atomic mass is 14.7. The van der Waals surface area contributed by atoms with E-state index in [4.69, 9.17) is 0 Å². The maximum Gasteiger partial charge on any atom is -0.0323 e. The van der Waals surface area contributed by atoms with E-state index >= 15 is 0 Å². The van der Waals surface area contributed by atoms with E-state index in [1.54, 1.807) is 19.3 Å². The van der Waals surface area contributed by atoms with E-state index in [1.165, 1.54) is 30.1 Å². The van der Waals surface area contributed by atoms with Crippen molar-refractivity contribution in [1.82, 2.24) is 0 Å². The van der Waals surface area contributed by atoms with Gasteiger partial charge in [-0.15, -0.1) is 0 Å². The van der Waals surface area contributed by atoms with Crippen LogP contribution in [0.2, 0.25) is 0 Å². The van der Waals surface area contributed by atoms with Gasteiger partial charge in [0, 0.05) is 0 Å². The molecule has 0 nitrogen and oxygen atoms in total.